The third-order valence-corrected chi connectivity index (χ3v) is 3.01. The molecule has 0 fully saturated rings. The van der Waals surface area contributed by atoms with Crippen LogP contribution in [0, 0.1) is 0 Å². The molecule has 0 aliphatic heterocycles. The van der Waals surface area contributed by atoms with Crippen LogP contribution in [0.1, 0.15) is 39.2 Å². The van der Waals surface area contributed by atoms with Crippen molar-refractivity contribution >= 4 is 17.8 Å². The van der Waals surface area contributed by atoms with E-state index in [4.69, 9.17) is 4.74 Å². The Labute approximate surface area is 143 Å². The lowest BCUT2D eigenvalue weighted by atomic mass is 10.2. The van der Waals surface area contributed by atoms with Gasteiger partial charge in [0.05, 0.1) is 0 Å². The maximum atomic E-state index is 11.8. The van der Waals surface area contributed by atoms with Gasteiger partial charge < -0.3 is 20.3 Å². The van der Waals surface area contributed by atoms with Gasteiger partial charge in [0.1, 0.15) is 11.4 Å². The molecule has 24 heavy (non-hydrogen) atoms. The number of pyridine rings is 1. The highest BCUT2D eigenvalue weighted by molar-refractivity contribution is 5.76. The molecular weight excluding hydrogens is 308 g/mol. The fourth-order valence-corrected chi connectivity index (χ4v) is 1.86. The van der Waals surface area contributed by atoms with Crippen LogP contribution in [0.15, 0.2) is 18.3 Å². The van der Waals surface area contributed by atoms with Gasteiger partial charge in [-0.15, -0.1) is 0 Å². The number of carbonyl (C=O) groups excluding carboxylic acids is 2. The van der Waals surface area contributed by atoms with E-state index >= 15 is 0 Å². The monoisotopic (exact) mass is 336 g/mol. The maximum Gasteiger partial charge on any atom is 0.407 e. The van der Waals surface area contributed by atoms with Crippen LogP contribution >= 0.6 is 0 Å². The van der Waals surface area contributed by atoms with Gasteiger partial charge >= 0.3 is 6.09 Å². The van der Waals surface area contributed by atoms with E-state index in [1.807, 2.05) is 31.1 Å². The van der Waals surface area contributed by atoms with Crippen LogP contribution < -0.4 is 15.5 Å². The fraction of sp³-hybridized carbons (Fsp3) is 0.588. The lowest BCUT2D eigenvalue weighted by molar-refractivity contribution is -0.121. The van der Waals surface area contributed by atoms with Crippen LogP contribution in [0.5, 0.6) is 0 Å². The predicted octanol–water partition coefficient (Wildman–Crippen LogP) is 2.07. The van der Waals surface area contributed by atoms with Gasteiger partial charge in [-0.25, -0.2) is 9.78 Å². The average molecular weight is 336 g/mol. The van der Waals surface area contributed by atoms with Crippen molar-refractivity contribution in [1.29, 1.82) is 0 Å². The summed E-state index contributed by atoms with van der Waals surface area (Å²) in [6, 6.07) is 3.81. The first-order chi connectivity index (χ1) is 11.2. The van der Waals surface area contributed by atoms with Crippen molar-refractivity contribution in [1.82, 2.24) is 15.6 Å². The molecule has 1 aromatic heterocycles. The second kappa shape index (κ2) is 9.10. The molecule has 0 saturated heterocycles. The zero-order valence-electron chi connectivity index (χ0n) is 15.2. The van der Waals surface area contributed by atoms with E-state index in [-0.39, 0.29) is 5.91 Å². The van der Waals surface area contributed by atoms with Gasteiger partial charge in [-0.3, -0.25) is 4.79 Å². The van der Waals surface area contributed by atoms with Gasteiger partial charge in [-0.1, -0.05) is 0 Å². The lowest BCUT2D eigenvalue weighted by Crippen LogP contribution is -2.33. The Morgan fingerprint density at radius 2 is 1.96 bits per heavy atom. The minimum atomic E-state index is -0.516. The molecule has 2 amide bonds. The highest BCUT2D eigenvalue weighted by Crippen LogP contribution is 2.09. The Bertz CT molecular complexity index is 553. The number of nitrogens with one attached hydrogen (secondary N) is 2. The first-order valence-electron chi connectivity index (χ1n) is 8.03. The van der Waals surface area contributed by atoms with Crippen LogP contribution in [0.2, 0.25) is 0 Å². The fourth-order valence-electron chi connectivity index (χ4n) is 1.86. The summed E-state index contributed by atoms with van der Waals surface area (Å²) in [5, 5.41) is 5.50. The van der Waals surface area contributed by atoms with E-state index < -0.39 is 11.7 Å². The van der Waals surface area contributed by atoms with E-state index in [0.29, 0.717) is 25.9 Å². The number of rotatable bonds is 7. The number of nitrogens with zero attached hydrogens (tertiary/aromatic N) is 2. The van der Waals surface area contributed by atoms with Crippen molar-refractivity contribution in [3.8, 4) is 0 Å². The number of anilines is 1. The topological polar surface area (TPSA) is 83.6 Å². The molecule has 7 nitrogen and oxygen atoms in total. The molecule has 1 heterocycles. The average Bonchev–Trinajstić information content (AvgIpc) is 2.48. The zero-order valence-corrected chi connectivity index (χ0v) is 15.2. The molecule has 0 atom stereocenters. The van der Waals surface area contributed by atoms with Crippen LogP contribution in [-0.4, -0.2) is 43.2 Å². The van der Waals surface area contributed by atoms with E-state index in [9.17, 15) is 9.59 Å². The van der Waals surface area contributed by atoms with Gasteiger partial charge in [0.25, 0.3) is 0 Å². The third kappa shape index (κ3) is 8.36. The summed E-state index contributed by atoms with van der Waals surface area (Å²) in [6.07, 6.45) is 2.17. The van der Waals surface area contributed by atoms with Crippen molar-refractivity contribution in [3.63, 3.8) is 0 Å². The van der Waals surface area contributed by atoms with Crippen molar-refractivity contribution < 1.29 is 14.3 Å². The standard InChI is InChI=1S/C17H28N4O3/c1-17(2,3)24-16(23)19-9-6-7-15(22)20-12-13-8-10-18-14(11-13)21(4)5/h8,10-11H,6-7,9,12H2,1-5H3,(H,19,23)(H,20,22). The molecule has 0 bridgehead atoms. The highest BCUT2D eigenvalue weighted by Gasteiger charge is 2.15. The Balaban J connectivity index is 2.23. The number of hydrogen-bond acceptors (Lipinski definition) is 5. The first kappa shape index (κ1) is 19.7. The summed E-state index contributed by atoms with van der Waals surface area (Å²) >= 11 is 0. The van der Waals surface area contributed by atoms with Crippen LogP contribution in [-0.2, 0) is 16.1 Å². The van der Waals surface area contributed by atoms with Crippen molar-refractivity contribution in [2.45, 2.75) is 45.8 Å². The predicted molar refractivity (Wildman–Crippen MR) is 93.9 cm³/mol. The molecular formula is C17H28N4O3. The second-order valence-corrected chi connectivity index (χ2v) is 6.73. The molecule has 0 radical (unpaired) electrons. The lowest BCUT2D eigenvalue weighted by Gasteiger charge is -2.19. The number of ether oxygens (including phenoxy) is 1. The quantitative estimate of drug-likeness (QED) is 0.745. The smallest absolute Gasteiger partial charge is 0.407 e. The maximum absolute atomic E-state index is 11.8. The SMILES string of the molecule is CN(C)c1cc(CNC(=O)CCCNC(=O)OC(C)(C)C)ccn1. The minimum absolute atomic E-state index is 0.0517. The summed E-state index contributed by atoms with van der Waals surface area (Å²) in [5.41, 5.74) is 0.478. The largest absolute Gasteiger partial charge is 0.444 e. The van der Waals surface area contributed by atoms with Crippen molar-refractivity contribution in [2.75, 3.05) is 25.5 Å². The summed E-state index contributed by atoms with van der Waals surface area (Å²) < 4.78 is 5.12. The molecule has 1 rings (SSSR count). The Morgan fingerprint density at radius 3 is 2.58 bits per heavy atom. The van der Waals surface area contributed by atoms with E-state index in [2.05, 4.69) is 15.6 Å². The molecule has 1 aromatic rings. The molecule has 0 aliphatic carbocycles. The number of amides is 2. The second-order valence-electron chi connectivity index (χ2n) is 6.73. The first-order valence-corrected chi connectivity index (χ1v) is 8.03. The zero-order chi connectivity index (χ0) is 18.2. The summed E-state index contributed by atoms with van der Waals surface area (Å²) in [6.45, 7) is 6.28. The normalized spacial score (nSPS) is 10.9. The Kier molecular flexibility index (Phi) is 7.48. The van der Waals surface area contributed by atoms with Crippen LogP contribution in [0.25, 0.3) is 0 Å². The third-order valence-electron chi connectivity index (χ3n) is 3.01. The van der Waals surface area contributed by atoms with Gasteiger partial charge in [0.15, 0.2) is 0 Å². The molecule has 134 valence electrons. The molecule has 0 spiro atoms. The molecule has 7 heteroatoms. The number of alkyl carbamates (subject to hydrolysis) is 1. The Morgan fingerprint density at radius 1 is 1.25 bits per heavy atom. The van der Waals surface area contributed by atoms with Crippen LogP contribution in [0.3, 0.4) is 0 Å². The molecule has 2 N–H and O–H groups in total. The van der Waals surface area contributed by atoms with E-state index in [0.717, 1.165) is 11.4 Å². The number of hydrogen-bond donors (Lipinski definition) is 2. The van der Waals surface area contributed by atoms with Gasteiger partial charge in [0, 0.05) is 39.8 Å². The van der Waals surface area contributed by atoms with E-state index in [1.54, 1.807) is 27.0 Å². The summed E-state index contributed by atoms with van der Waals surface area (Å²) in [4.78, 5) is 29.4. The minimum Gasteiger partial charge on any atom is -0.444 e. The number of aromatic nitrogens is 1. The van der Waals surface area contributed by atoms with Gasteiger partial charge in [-0.05, 0) is 44.9 Å². The van der Waals surface area contributed by atoms with E-state index in [1.165, 1.54) is 0 Å². The van der Waals surface area contributed by atoms with Gasteiger partial charge in [-0.2, -0.15) is 0 Å². The Hall–Kier alpha value is -2.31. The van der Waals surface area contributed by atoms with Crippen molar-refractivity contribution in [2.24, 2.45) is 0 Å². The van der Waals surface area contributed by atoms with Crippen molar-refractivity contribution in [3.05, 3.63) is 23.9 Å². The molecule has 0 aliphatic rings. The summed E-state index contributed by atoms with van der Waals surface area (Å²) in [7, 11) is 3.84. The summed E-state index contributed by atoms with van der Waals surface area (Å²) in [5.74, 6) is 0.799. The molecule has 0 saturated carbocycles. The molecule has 0 unspecified atom stereocenters. The number of carbonyl (C=O) groups is 2. The molecule has 0 aromatic carbocycles. The van der Waals surface area contributed by atoms with Crippen LogP contribution in [0.4, 0.5) is 10.6 Å². The highest BCUT2D eigenvalue weighted by atomic mass is 16.6. The van der Waals surface area contributed by atoms with Gasteiger partial charge in [0.2, 0.25) is 5.91 Å².